The number of ketones is 1. The van der Waals surface area contributed by atoms with Gasteiger partial charge in [-0.2, -0.15) is 0 Å². The number of carbonyl (C=O) groups is 1. The van der Waals surface area contributed by atoms with Gasteiger partial charge in [-0.3, -0.25) is 9.78 Å². The number of carbonyl (C=O) groups excluding carboxylic acids is 1. The standard InChI is InChI=1S/C14H11ClFNO/c1-9-8-17-5-4-12(9)14(18)7-10-6-11(15)2-3-13(10)16/h2-6,8H,7H2,1H3. The van der Waals surface area contributed by atoms with E-state index >= 15 is 0 Å². The average molecular weight is 264 g/mol. The molecule has 0 aliphatic rings. The number of nitrogens with zero attached hydrogens (tertiary/aromatic N) is 1. The summed E-state index contributed by atoms with van der Waals surface area (Å²) in [5.74, 6) is -0.560. The van der Waals surface area contributed by atoms with E-state index in [0.29, 0.717) is 16.1 Å². The van der Waals surface area contributed by atoms with Crippen LogP contribution in [0, 0.1) is 12.7 Å². The van der Waals surface area contributed by atoms with E-state index in [1.54, 1.807) is 25.4 Å². The summed E-state index contributed by atoms with van der Waals surface area (Å²) in [4.78, 5) is 16.0. The van der Waals surface area contributed by atoms with Gasteiger partial charge in [-0.25, -0.2) is 4.39 Å². The summed E-state index contributed by atoms with van der Waals surface area (Å²) in [5, 5.41) is 0.422. The van der Waals surface area contributed by atoms with E-state index in [1.807, 2.05) is 0 Å². The van der Waals surface area contributed by atoms with Crippen LogP contribution >= 0.6 is 11.6 Å². The van der Waals surface area contributed by atoms with Crippen LogP contribution in [0.25, 0.3) is 0 Å². The largest absolute Gasteiger partial charge is 0.294 e. The van der Waals surface area contributed by atoms with Crippen LogP contribution in [0.15, 0.2) is 36.7 Å². The Labute approximate surface area is 109 Å². The summed E-state index contributed by atoms with van der Waals surface area (Å²) in [6.07, 6.45) is 3.16. The number of aromatic nitrogens is 1. The van der Waals surface area contributed by atoms with Gasteiger partial charge in [-0.15, -0.1) is 0 Å². The molecular weight excluding hydrogens is 253 g/mol. The third-order valence-electron chi connectivity index (χ3n) is 2.68. The van der Waals surface area contributed by atoms with Crippen molar-refractivity contribution >= 4 is 17.4 Å². The minimum absolute atomic E-state index is 0.00273. The first-order valence-corrected chi connectivity index (χ1v) is 5.83. The number of hydrogen-bond donors (Lipinski definition) is 0. The van der Waals surface area contributed by atoms with Gasteiger partial charge < -0.3 is 0 Å². The zero-order valence-electron chi connectivity index (χ0n) is 9.78. The molecule has 0 spiro atoms. The topological polar surface area (TPSA) is 30.0 Å². The molecule has 0 atom stereocenters. The maximum Gasteiger partial charge on any atom is 0.167 e. The summed E-state index contributed by atoms with van der Waals surface area (Å²) < 4.78 is 13.5. The van der Waals surface area contributed by atoms with Crippen molar-refractivity contribution in [1.29, 1.82) is 0 Å². The third-order valence-corrected chi connectivity index (χ3v) is 2.91. The molecule has 1 heterocycles. The molecule has 2 aromatic rings. The fraction of sp³-hybridized carbons (Fsp3) is 0.143. The van der Waals surface area contributed by atoms with Crippen LogP contribution < -0.4 is 0 Å². The van der Waals surface area contributed by atoms with E-state index in [4.69, 9.17) is 11.6 Å². The molecule has 0 aliphatic carbocycles. The summed E-state index contributed by atoms with van der Waals surface area (Å²) in [6, 6.07) is 5.85. The highest BCUT2D eigenvalue weighted by molar-refractivity contribution is 6.30. The first-order valence-electron chi connectivity index (χ1n) is 5.45. The molecule has 18 heavy (non-hydrogen) atoms. The first-order chi connectivity index (χ1) is 8.58. The van der Waals surface area contributed by atoms with Gasteiger partial charge in [0.1, 0.15) is 5.82 Å². The number of Topliss-reactive ketones (excluding diaryl/α,β-unsaturated/α-hetero) is 1. The van der Waals surface area contributed by atoms with Crippen LogP contribution in [0.3, 0.4) is 0 Å². The van der Waals surface area contributed by atoms with E-state index in [2.05, 4.69) is 4.98 Å². The van der Waals surface area contributed by atoms with Crippen LogP contribution in [0.5, 0.6) is 0 Å². The second kappa shape index (κ2) is 5.27. The molecule has 0 aliphatic heterocycles. The molecule has 92 valence electrons. The van der Waals surface area contributed by atoms with Crippen molar-refractivity contribution in [1.82, 2.24) is 4.98 Å². The molecule has 0 saturated heterocycles. The summed E-state index contributed by atoms with van der Waals surface area (Å²) >= 11 is 5.79. The van der Waals surface area contributed by atoms with Crippen molar-refractivity contribution in [2.45, 2.75) is 13.3 Å². The van der Waals surface area contributed by atoms with Crippen molar-refractivity contribution in [2.24, 2.45) is 0 Å². The lowest BCUT2D eigenvalue weighted by molar-refractivity contribution is 0.0991. The van der Waals surface area contributed by atoms with Crippen LogP contribution in [-0.2, 0) is 6.42 Å². The Bertz CT molecular complexity index is 598. The van der Waals surface area contributed by atoms with Crippen molar-refractivity contribution < 1.29 is 9.18 Å². The van der Waals surface area contributed by atoms with E-state index in [0.717, 1.165) is 5.56 Å². The molecule has 0 fully saturated rings. The normalized spacial score (nSPS) is 10.4. The Kier molecular flexibility index (Phi) is 3.72. The highest BCUT2D eigenvalue weighted by Gasteiger charge is 2.12. The van der Waals surface area contributed by atoms with E-state index in [9.17, 15) is 9.18 Å². The highest BCUT2D eigenvalue weighted by Crippen LogP contribution is 2.17. The predicted molar refractivity (Wildman–Crippen MR) is 68.4 cm³/mol. The number of halogens is 2. The van der Waals surface area contributed by atoms with Gasteiger partial charge in [0.15, 0.2) is 5.78 Å². The molecule has 2 nitrogen and oxygen atoms in total. The molecule has 0 amide bonds. The molecule has 2 rings (SSSR count). The maximum absolute atomic E-state index is 13.5. The Morgan fingerprint density at radius 2 is 2.17 bits per heavy atom. The lowest BCUT2D eigenvalue weighted by Crippen LogP contribution is -2.07. The first kappa shape index (κ1) is 12.7. The fourth-order valence-corrected chi connectivity index (χ4v) is 1.93. The van der Waals surface area contributed by atoms with Crippen molar-refractivity contribution in [3.8, 4) is 0 Å². The molecule has 1 aromatic heterocycles. The monoisotopic (exact) mass is 263 g/mol. The molecule has 1 aromatic carbocycles. The Hall–Kier alpha value is -1.74. The Balaban J connectivity index is 2.27. The number of aryl methyl sites for hydroxylation is 1. The predicted octanol–water partition coefficient (Wildman–Crippen LogP) is 3.61. The number of hydrogen-bond acceptors (Lipinski definition) is 2. The van der Waals surface area contributed by atoms with Crippen LogP contribution in [0.1, 0.15) is 21.5 Å². The molecule has 0 saturated carbocycles. The fourth-order valence-electron chi connectivity index (χ4n) is 1.73. The number of pyridine rings is 1. The van der Waals surface area contributed by atoms with Gasteiger partial charge >= 0.3 is 0 Å². The van der Waals surface area contributed by atoms with Crippen LogP contribution in [0.4, 0.5) is 4.39 Å². The third kappa shape index (κ3) is 2.74. The number of benzene rings is 1. The SMILES string of the molecule is Cc1cnccc1C(=O)Cc1cc(Cl)ccc1F. The van der Waals surface area contributed by atoms with E-state index in [-0.39, 0.29) is 12.2 Å². The van der Waals surface area contributed by atoms with Gasteiger partial charge in [0.25, 0.3) is 0 Å². The summed E-state index contributed by atoms with van der Waals surface area (Å²) in [5.41, 5.74) is 1.65. The highest BCUT2D eigenvalue weighted by atomic mass is 35.5. The van der Waals surface area contributed by atoms with E-state index < -0.39 is 5.82 Å². The molecule has 0 N–H and O–H groups in total. The minimum atomic E-state index is -0.417. The molecule has 0 unspecified atom stereocenters. The Morgan fingerprint density at radius 3 is 2.89 bits per heavy atom. The minimum Gasteiger partial charge on any atom is -0.294 e. The Morgan fingerprint density at radius 1 is 1.39 bits per heavy atom. The zero-order valence-corrected chi connectivity index (χ0v) is 10.5. The zero-order chi connectivity index (χ0) is 13.1. The molecule has 0 bridgehead atoms. The summed E-state index contributed by atoms with van der Waals surface area (Å²) in [7, 11) is 0. The van der Waals surface area contributed by atoms with Gasteiger partial charge in [0.05, 0.1) is 0 Å². The second-order valence-corrected chi connectivity index (χ2v) is 4.46. The van der Waals surface area contributed by atoms with Crippen LogP contribution in [0.2, 0.25) is 5.02 Å². The van der Waals surface area contributed by atoms with Crippen molar-refractivity contribution in [3.05, 3.63) is 64.2 Å². The molecule has 0 radical (unpaired) electrons. The van der Waals surface area contributed by atoms with Gasteiger partial charge in [-0.1, -0.05) is 11.6 Å². The van der Waals surface area contributed by atoms with Crippen molar-refractivity contribution in [2.75, 3.05) is 0 Å². The molecular formula is C14H11ClFNO. The maximum atomic E-state index is 13.5. The smallest absolute Gasteiger partial charge is 0.167 e. The second-order valence-electron chi connectivity index (χ2n) is 4.03. The summed E-state index contributed by atoms with van der Waals surface area (Å²) in [6.45, 7) is 1.80. The van der Waals surface area contributed by atoms with Crippen LogP contribution in [-0.4, -0.2) is 10.8 Å². The lowest BCUT2D eigenvalue weighted by atomic mass is 10.0. The average Bonchev–Trinajstić information content (AvgIpc) is 2.34. The quantitative estimate of drug-likeness (QED) is 0.792. The van der Waals surface area contributed by atoms with Gasteiger partial charge in [0.2, 0.25) is 0 Å². The lowest BCUT2D eigenvalue weighted by Gasteiger charge is -2.05. The van der Waals surface area contributed by atoms with Gasteiger partial charge in [0, 0.05) is 29.4 Å². The van der Waals surface area contributed by atoms with Gasteiger partial charge in [-0.05, 0) is 42.3 Å². The number of rotatable bonds is 3. The van der Waals surface area contributed by atoms with E-state index in [1.165, 1.54) is 18.2 Å². The van der Waals surface area contributed by atoms with Crippen molar-refractivity contribution in [3.63, 3.8) is 0 Å². The molecule has 4 heteroatoms.